The van der Waals surface area contributed by atoms with E-state index in [0.29, 0.717) is 13.1 Å². The fraction of sp³-hybridized carbons (Fsp3) is 0.364. The third-order valence-electron chi connectivity index (χ3n) is 5.36. The number of aromatic nitrogens is 1. The highest BCUT2D eigenvalue weighted by Gasteiger charge is 2.21. The number of carbonyl (C=O) groups excluding carboxylic acids is 1. The van der Waals surface area contributed by atoms with E-state index in [0.717, 1.165) is 49.0 Å². The lowest BCUT2D eigenvalue weighted by Gasteiger charge is -2.34. The molecule has 2 aromatic carbocycles. The normalized spacial score (nSPS) is 15.0. The van der Waals surface area contributed by atoms with Gasteiger partial charge in [0.25, 0.3) is 5.91 Å². The maximum Gasteiger partial charge on any atom is 0.257 e. The molecule has 30 heavy (non-hydrogen) atoms. The Morgan fingerprint density at radius 1 is 1.13 bits per heavy atom. The van der Waals surface area contributed by atoms with Crippen molar-refractivity contribution in [3.63, 3.8) is 0 Å². The van der Waals surface area contributed by atoms with E-state index in [1.54, 1.807) is 11.3 Å². The first kappa shape index (κ1) is 20.7. The fourth-order valence-corrected chi connectivity index (χ4v) is 4.98. The standard InChI is InChI=1S/C22H24F2N4OS/c1-14-12-15(2)20-18(13-14)30-22(26-20)28-10-8-27(9-11-28)7-6-25-21(29)19-16(23)4-3-5-17(19)24/h3-5,12-13H,6-11H2,1-2H3,(H,25,29). The topological polar surface area (TPSA) is 48.5 Å². The summed E-state index contributed by atoms with van der Waals surface area (Å²) in [6.45, 7) is 8.57. The monoisotopic (exact) mass is 430 g/mol. The highest BCUT2D eigenvalue weighted by Crippen LogP contribution is 2.32. The van der Waals surface area contributed by atoms with E-state index in [1.807, 2.05) is 0 Å². The number of benzene rings is 2. The molecule has 1 saturated heterocycles. The minimum absolute atomic E-state index is 0.340. The van der Waals surface area contributed by atoms with E-state index in [1.165, 1.54) is 21.9 Å². The second kappa shape index (κ2) is 8.65. The Morgan fingerprint density at radius 2 is 1.83 bits per heavy atom. The minimum Gasteiger partial charge on any atom is -0.351 e. The molecule has 5 nitrogen and oxygen atoms in total. The number of fused-ring (bicyclic) bond motifs is 1. The zero-order valence-corrected chi connectivity index (χ0v) is 17.9. The van der Waals surface area contributed by atoms with Crippen molar-refractivity contribution in [2.75, 3.05) is 44.2 Å². The molecule has 0 atom stereocenters. The number of halogens is 2. The van der Waals surface area contributed by atoms with Crippen molar-refractivity contribution in [3.05, 3.63) is 58.7 Å². The molecule has 8 heteroatoms. The molecule has 0 unspecified atom stereocenters. The summed E-state index contributed by atoms with van der Waals surface area (Å²) in [5.41, 5.74) is 3.00. The van der Waals surface area contributed by atoms with Gasteiger partial charge in [-0.25, -0.2) is 13.8 Å². The first-order valence-corrected chi connectivity index (χ1v) is 10.8. The average Bonchev–Trinajstić information content (AvgIpc) is 3.13. The number of nitrogens with zero attached hydrogens (tertiary/aromatic N) is 3. The van der Waals surface area contributed by atoms with Gasteiger partial charge in [0, 0.05) is 39.3 Å². The van der Waals surface area contributed by atoms with E-state index in [9.17, 15) is 13.6 Å². The molecule has 158 valence electrons. The van der Waals surface area contributed by atoms with Gasteiger partial charge in [-0.3, -0.25) is 9.69 Å². The number of anilines is 1. The maximum atomic E-state index is 13.7. The first-order chi connectivity index (χ1) is 14.4. The SMILES string of the molecule is Cc1cc(C)c2nc(N3CCN(CCNC(=O)c4c(F)cccc4F)CC3)sc2c1. The average molecular weight is 431 g/mol. The van der Waals surface area contributed by atoms with Gasteiger partial charge >= 0.3 is 0 Å². The van der Waals surface area contributed by atoms with Crippen molar-refractivity contribution in [1.82, 2.24) is 15.2 Å². The Bertz CT molecular complexity index is 1060. The van der Waals surface area contributed by atoms with Crippen LogP contribution < -0.4 is 10.2 Å². The predicted molar refractivity (Wildman–Crippen MR) is 116 cm³/mol. The third kappa shape index (κ3) is 4.29. The van der Waals surface area contributed by atoms with Gasteiger partial charge in [0.1, 0.15) is 17.2 Å². The Morgan fingerprint density at radius 3 is 2.53 bits per heavy atom. The summed E-state index contributed by atoms with van der Waals surface area (Å²) in [7, 11) is 0. The second-order valence-corrected chi connectivity index (χ2v) is 8.62. The van der Waals surface area contributed by atoms with E-state index >= 15 is 0 Å². The molecule has 0 bridgehead atoms. The van der Waals surface area contributed by atoms with Gasteiger partial charge in [0.2, 0.25) is 0 Å². The summed E-state index contributed by atoms with van der Waals surface area (Å²) in [6, 6.07) is 7.76. The van der Waals surface area contributed by atoms with E-state index < -0.39 is 23.1 Å². The van der Waals surface area contributed by atoms with Crippen LogP contribution in [-0.4, -0.2) is 55.1 Å². The Kier molecular flexibility index (Phi) is 5.97. The molecule has 0 radical (unpaired) electrons. The number of hydrogen-bond acceptors (Lipinski definition) is 5. The van der Waals surface area contributed by atoms with E-state index in [2.05, 4.69) is 41.1 Å². The number of aryl methyl sites for hydroxylation is 2. The number of piperazine rings is 1. The van der Waals surface area contributed by atoms with Crippen molar-refractivity contribution < 1.29 is 13.6 Å². The number of amides is 1. The number of carbonyl (C=O) groups is 1. The van der Waals surface area contributed by atoms with Crippen LogP contribution >= 0.6 is 11.3 Å². The molecule has 1 fully saturated rings. The largest absolute Gasteiger partial charge is 0.351 e. The lowest BCUT2D eigenvalue weighted by molar-refractivity contribution is 0.0939. The van der Waals surface area contributed by atoms with Crippen LogP contribution in [-0.2, 0) is 0 Å². The third-order valence-corrected chi connectivity index (χ3v) is 6.43. The van der Waals surface area contributed by atoms with E-state index in [-0.39, 0.29) is 0 Å². The molecule has 2 heterocycles. The summed E-state index contributed by atoms with van der Waals surface area (Å²) < 4.78 is 28.6. The summed E-state index contributed by atoms with van der Waals surface area (Å²) in [6.07, 6.45) is 0. The van der Waals surface area contributed by atoms with Crippen molar-refractivity contribution in [1.29, 1.82) is 0 Å². The van der Waals surface area contributed by atoms with Crippen LogP contribution in [0.3, 0.4) is 0 Å². The molecule has 0 aliphatic carbocycles. The molecule has 4 rings (SSSR count). The molecule has 1 aromatic heterocycles. The lowest BCUT2D eigenvalue weighted by Crippen LogP contribution is -2.48. The Balaban J connectivity index is 1.29. The highest BCUT2D eigenvalue weighted by atomic mass is 32.1. The van der Waals surface area contributed by atoms with Crippen molar-refractivity contribution in [2.45, 2.75) is 13.8 Å². The highest BCUT2D eigenvalue weighted by molar-refractivity contribution is 7.22. The summed E-state index contributed by atoms with van der Waals surface area (Å²) in [5, 5.41) is 3.66. The molecule has 1 aliphatic rings. The van der Waals surface area contributed by atoms with Crippen LogP contribution in [0.1, 0.15) is 21.5 Å². The molecule has 3 aromatic rings. The van der Waals surface area contributed by atoms with Gasteiger partial charge in [-0.15, -0.1) is 0 Å². The zero-order valence-electron chi connectivity index (χ0n) is 17.0. The van der Waals surface area contributed by atoms with Crippen LogP contribution in [0.4, 0.5) is 13.9 Å². The maximum absolute atomic E-state index is 13.7. The molecule has 1 aliphatic heterocycles. The van der Waals surface area contributed by atoms with E-state index in [4.69, 9.17) is 4.98 Å². The van der Waals surface area contributed by atoms with Gasteiger partial charge in [-0.05, 0) is 43.2 Å². The molecular weight excluding hydrogens is 406 g/mol. The summed E-state index contributed by atoms with van der Waals surface area (Å²) in [5.74, 6) is -2.41. The number of hydrogen-bond donors (Lipinski definition) is 1. The molecule has 1 N–H and O–H groups in total. The molecule has 0 saturated carbocycles. The number of nitrogens with one attached hydrogen (secondary N) is 1. The number of rotatable bonds is 5. The molecule has 0 spiro atoms. The van der Waals surface area contributed by atoms with Crippen molar-refractivity contribution in [2.24, 2.45) is 0 Å². The quantitative estimate of drug-likeness (QED) is 0.670. The van der Waals surface area contributed by atoms with Crippen LogP contribution in [0.5, 0.6) is 0 Å². The van der Waals surface area contributed by atoms with Crippen molar-refractivity contribution in [3.8, 4) is 0 Å². The number of thiazole rings is 1. The minimum atomic E-state index is -0.845. The fourth-order valence-electron chi connectivity index (χ4n) is 3.79. The van der Waals surface area contributed by atoms with Gasteiger partial charge in [-0.2, -0.15) is 0 Å². The lowest BCUT2D eigenvalue weighted by atomic mass is 10.1. The van der Waals surface area contributed by atoms with Gasteiger partial charge in [-0.1, -0.05) is 23.5 Å². The first-order valence-electron chi connectivity index (χ1n) is 9.99. The second-order valence-electron chi connectivity index (χ2n) is 7.61. The zero-order chi connectivity index (χ0) is 21.3. The summed E-state index contributed by atoms with van der Waals surface area (Å²) >= 11 is 1.72. The van der Waals surface area contributed by atoms with Crippen LogP contribution in [0.25, 0.3) is 10.2 Å². The van der Waals surface area contributed by atoms with Crippen LogP contribution in [0.15, 0.2) is 30.3 Å². The smallest absolute Gasteiger partial charge is 0.257 e. The van der Waals surface area contributed by atoms with Gasteiger partial charge in [0.05, 0.1) is 10.2 Å². The van der Waals surface area contributed by atoms with Crippen molar-refractivity contribution >= 4 is 32.6 Å². The van der Waals surface area contributed by atoms with Crippen LogP contribution in [0.2, 0.25) is 0 Å². The Labute approximate surface area is 178 Å². The molecule has 1 amide bonds. The predicted octanol–water partition coefficient (Wildman–Crippen LogP) is 3.74. The van der Waals surface area contributed by atoms with Gasteiger partial charge in [0.15, 0.2) is 5.13 Å². The van der Waals surface area contributed by atoms with Crippen LogP contribution in [0, 0.1) is 25.5 Å². The van der Waals surface area contributed by atoms with Gasteiger partial charge < -0.3 is 10.2 Å². The molecular formula is C22H24F2N4OS. The summed E-state index contributed by atoms with van der Waals surface area (Å²) in [4.78, 5) is 21.4. The Hall–Kier alpha value is -2.58.